The predicted molar refractivity (Wildman–Crippen MR) is 209 cm³/mol. The van der Waals surface area contributed by atoms with Crippen molar-refractivity contribution in [3.8, 4) is 22.8 Å². The van der Waals surface area contributed by atoms with Gasteiger partial charge in [0.25, 0.3) is 0 Å². The van der Waals surface area contributed by atoms with Crippen molar-refractivity contribution >= 4 is 28.6 Å². The molecule has 3 unspecified atom stereocenters. The van der Waals surface area contributed by atoms with Crippen molar-refractivity contribution in [1.29, 1.82) is 0 Å². The smallest absolute Gasteiger partial charge is 0.438 e. The highest BCUT2D eigenvalue weighted by Crippen LogP contribution is 2.36. The monoisotopic (exact) mass is 751 g/mol. The van der Waals surface area contributed by atoms with Crippen LogP contribution in [0, 0.1) is 0 Å². The quantitative estimate of drug-likeness (QED) is 0.161. The number of phenolic OH excluding ortho intramolecular Hbond substituents is 1. The number of likely N-dealkylation sites (N-methyl/N-ethyl adjacent to an activating group) is 1. The third-order valence-corrected chi connectivity index (χ3v) is 11.0. The molecule has 56 heavy (non-hydrogen) atoms. The molecule has 2 saturated heterocycles. The van der Waals surface area contributed by atoms with Gasteiger partial charge in [0.2, 0.25) is 18.0 Å². The molecule has 1 aromatic heterocycles. The fourth-order valence-corrected chi connectivity index (χ4v) is 7.93. The molecular weight excluding hydrogens is 709 g/mol. The van der Waals surface area contributed by atoms with Crippen molar-refractivity contribution < 1.29 is 33.3 Å². The number of rotatable bonds is 10. The standard InChI is InChI=1S/C44H42N6O6/c1-50(44(54)45-25-31-10-4-3-5-11-31)41-28-47(26-34-15-8-13-32-12-6-7-17-38(32)34)43(53)40(22-30-18-20-35(51)21-19-30)49(41)42(52)29-48(50)27-37-24-39(46-56-37)33-14-9-16-36(23-33)55-2/h3-21,23-24,40-41H,22,25-29H2,1-2H3,(H-,45,51,54)/p+1. The minimum absolute atomic E-state index is 0.0855. The Bertz CT molecular complexity index is 2380. The highest BCUT2D eigenvalue weighted by atomic mass is 16.5. The largest absolute Gasteiger partial charge is 0.508 e. The van der Waals surface area contributed by atoms with Crippen molar-refractivity contribution in [1.82, 2.24) is 25.3 Å². The van der Waals surface area contributed by atoms with Gasteiger partial charge in [0, 0.05) is 31.1 Å². The van der Waals surface area contributed by atoms with Crippen LogP contribution in [0.2, 0.25) is 0 Å². The number of hydrogen-bond acceptors (Lipinski definition) is 8. The van der Waals surface area contributed by atoms with Crippen LogP contribution in [0.25, 0.3) is 22.0 Å². The number of nitrogens with zero attached hydrogens (tertiary/aromatic N) is 5. The summed E-state index contributed by atoms with van der Waals surface area (Å²) in [6.45, 7) is 0.561. The molecule has 0 bridgehead atoms. The number of carbonyl (C=O) groups is 3. The molecule has 2 aliphatic heterocycles. The average molecular weight is 752 g/mol. The Morgan fingerprint density at radius 1 is 0.893 bits per heavy atom. The first-order valence-electron chi connectivity index (χ1n) is 18.6. The van der Waals surface area contributed by atoms with Crippen molar-refractivity contribution in [2.24, 2.45) is 0 Å². The minimum atomic E-state index is -0.910. The summed E-state index contributed by atoms with van der Waals surface area (Å²) in [6.07, 6.45) is -0.604. The maximum atomic E-state index is 14.9. The van der Waals surface area contributed by atoms with E-state index < -0.39 is 12.2 Å². The third kappa shape index (κ3) is 7.07. The first-order valence-corrected chi connectivity index (χ1v) is 18.6. The van der Waals surface area contributed by atoms with Crippen LogP contribution in [0.3, 0.4) is 0 Å². The highest BCUT2D eigenvalue weighted by molar-refractivity contribution is 5.91. The molecule has 284 valence electrons. The number of benzene rings is 5. The van der Waals surface area contributed by atoms with E-state index in [1.54, 1.807) is 53.2 Å². The summed E-state index contributed by atoms with van der Waals surface area (Å²) in [6, 6.07) is 38.4. The molecule has 0 radical (unpaired) electrons. The van der Waals surface area contributed by atoms with Crippen LogP contribution < -0.4 is 10.1 Å². The lowest BCUT2D eigenvalue weighted by Gasteiger charge is -2.56. The molecule has 12 heteroatoms. The average Bonchev–Trinajstić information content (AvgIpc) is 3.70. The maximum Gasteiger partial charge on any atom is 0.438 e. The fourth-order valence-electron chi connectivity index (χ4n) is 7.93. The van der Waals surface area contributed by atoms with Gasteiger partial charge in [-0.25, -0.2) is 4.79 Å². The van der Waals surface area contributed by atoms with Gasteiger partial charge in [-0.1, -0.05) is 102 Å². The second-order valence-corrected chi connectivity index (χ2v) is 14.4. The maximum absolute atomic E-state index is 14.9. The van der Waals surface area contributed by atoms with Crippen LogP contribution in [0.4, 0.5) is 4.79 Å². The molecule has 0 aliphatic carbocycles. The number of ether oxygens (including phenoxy) is 1. The molecule has 3 atom stereocenters. The Labute approximate surface area is 324 Å². The summed E-state index contributed by atoms with van der Waals surface area (Å²) in [4.78, 5) is 47.5. The number of piperazine rings is 1. The van der Waals surface area contributed by atoms with Crippen molar-refractivity contribution in [3.63, 3.8) is 0 Å². The normalized spacial score (nSPS) is 19.9. The SMILES string of the molecule is COc1cccc(-c2cc(CN3CC(=O)N4C(Cc5ccc(O)cc5)C(=O)N(Cc5cccc6ccccc56)CC4[N+]3(C)C(=O)NCc3ccccc3)on2)c1. The molecule has 12 nitrogen and oxygen atoms in total. The number of nitrogens with one attached hydrogen (secondary N) is 1. The number of methoxy groups -OCH3 is 1. The lowest BCUT2D eigenvalue weighted by Crippen LogP contribution is -2.83. The summed E-state index contributed by atoms with van der Waals surface area (Å²) in [5.74, 6) is 0.749. The highest BCUT2D eigenvalue weighted by Gasteiger charge is 2.61. The van der Waals surface area contributed by atoms with Crippen molar-refractivity contribution in [2.45, 2.75) is 38.3 Å². The molecule has 2 N–H and O–H groups in total. The zero-order chi connectivity index (χ0) is 38.8. The number of amides is 4. The summed E-state index contributed by atoms with van der Waals surface area (Å²) in [7, 11) is 3.40. The zero-order valence-electron chi connectivity index (χ0n) is 31.2. The van der Waals surface area contributed by atoms with Crippen LogP contribution in [0.15, 0.2) is 132 Å². The van der Waals surface area contributed by atoms with Gasteiger partial charge in [-0.2, -0.15) is 0 Å². The Hall–Kier alpha value is -6.50. The van der Waals surface area contributed by atoms with Crippen LogP contribution in [-0.2, 0) is 35.6 Å². The number of fused-ring (bicyclic) bond motifs is 2. The molecule has 0 saturated carbocycles. The molecule has 5 aromatic carbocycles. The van der Waals surface area contributed by atoms with Gasteiger partial charge >= 0.3 is 6.03 Å². The Kier molecular flexibility index (Phi) is 9.98. The minimum Gasteiger partial charge on any atom is -0.508 e. The van der Waals surface area contributed by atoms with E-state index in [0.717, 1.165) is 33.0 Å². The first-order chi connectivity index (χ1) is 27.2. The lowest BCUT2D eigenvalue weighted by atomic mass is 9.97. The van der Waals surface area contributed by atoms with E-state index in [1.165, 1.54) is 0 Å². The number of carbonyl (C=O) groups excluding carboxylic acids is 3. The number of aromatic hydroxyl groups is 1. The Balaban J connectivity index is 1.19. The van der Waals surface area contributed by atoms with Gasteiger partial charge in [-0.05, 0) is 51.7 Å². The van der Waals surface area contributed by atoms with E-state index in [0.29, 0.717) is 17.2 Å². The van der Waals surface area contributed by atoms with E-state index >= 15 is 0 Å². The molecular formula is C44H43N6O6+. The molecule has 2 fully saturated rings. The van der Waals surface area contributed by atoms with Gasteiger partial charge < -0.3 is 19.3 Å². The second-order valence-electron chi connectivity index (χ2n) is 14.4. The Morgan fingerprint density at radius 2 is 1.64 bits per heavy atom. The molecule has 0 spiro atoms. The van der Waals surface area contributed by atoms with Crippen LogP contribution in [0.1, 0.15) is 22.5 Å². The third-order valence-electron chi connectivity index (χ3n) is 11.0. The van der Waals surface area contributed by atoms with Crippen LogP contribution in [-0.4, -0.2) is 87.0 Å². The molecule has 4 amide bonds. The zero-order valence-corrected chi connectivity index (χ0v) is 31.2. The second kappa shape index (κ2) is 15.3. The van der Waals surface area contributed by atoms with Crippen LogP contribution in [0.5, 0.6) is 11.5 Å². The van der Waals surface area contributed by atoms with E-state index in [-0.39, 0.29) is 67.3 Å². The lowest BCUT2D eigenvalue weighted by molar-refractivity contribution is -0.986. The van der Waals surface area contributed by atoms with E-state index in [2.05, 4.69) is 10.5 Å². The van der Waals surface area contributed by atoms with Gasteiger partial charge in [0.05, 0.1) is 20.7 Å². The molecule has 3 heterocycles. The predicted octanol–water partition coefficient (Wildman–Crippen LogP) is 6.10. The van der Waals surface area contributed by atoms with E-state index in [1.807, 2.05) is 103 Å². The van der Waals surface area contributed by atoms with Gasteiger partial charge in [-0.3, -0.25) is 19.8 Å². The van der Waals surface area contributed by atoms with Gasteiger partial charge in [0.15, 0.2) is 5.76 Å². The summed E-state index contributed by atoms with van der Waals surface area (Å²) in [5, 5.41) is 21.4. The first kappa shape index (κ1) is 36.5. The van der Waals surface area contributed by atoms with Crippen molar-refractivity contribution in [3.05, 3.63) is 150 Å². The van der Waals surface area contributed by atoms with E-state index in [4.69, 9.17) is 9.26 Å². The van der Waals surface area contributed by atoms with Crippen LogP contribution >= 0.6 is 0 Å². The fraction of sp³-hybridized carbons (Fsp3) is 0.227. The number of quaternary nitrogens is 1. The number of urea groups is 1. The number of hydrogen-bond donors (Lipinski definition) is 2. The Morgan fingerprint density at radius 3 is 2.45 bits per heavy atom. The summed E-state index contributed by atoms with van der Waals surface area (Å²) < 4.78 is 10.9. The number of aromatic nitrogens is 1. The number of phenols is 1. The summed E-state index contributed by atoms with van der Waals surface area (Å²) in [5.41, 5.74) is 4.04. The topological polar surface area (TPSA) is 128 Å². The molecule has 6 aromatic rings. The summed E-state index contributed by atoms with van der Waals surface area (Å²) >= 11 is 0. The molecule has 2 aliphatic rings. The van der Waals surface area contributed by atoms with Gasteiger partial charge in [0.1, 0.15) is 36.3 Å². The van der Waals surface area contributed by atoms with Gasteiger partial charge in [-0.15, -0.1) is 9.60 Å². The molecule has 8 rings (SSSR count). The van der Waals surface area contributed by atoms with E-state index in [9.17, 15) is 19.5 Å². The van der Waals surface area contributed by atoms with Crippen molar-refractivity contribution in [2.75, 3.05) is 27.2 Å².